The van der Waals surface area contributed by atoms with E-state index in [2.05, 4.69) is 22.9 Å². The molecule has 0 spiro atoms. The summed E-state index contributed by atoms with van der Waals surface area (Å²) in [6.07, 6.45) is 3.22. The molecule has 1 aromatic carbocycles. The van der Waals surface area contributed by atoms with Gasteiger partial charge in [0.15, 0.2) is 0 Å². The number of amides is 2. The van der Waals surface area contributed by atoms with Crippen LogP contribution in [0.25, 0.3) is 0 Å². The fourth-order valence-electron chi connectivity index (χ4n) is 3.08. The highest BCUT2D eigenvalue weighted by molar-refractivity contribution is 7.14. The number of hydrogen-bond donors (Lipinski definition) is 3. The van der Waals surface area contributed by atoms with Gasteiger partial charge in [0.25, 0.3) is 11.8 Å². The van der Waals surface area contributed by atoms with Crippen LogP contribution in [0.1, 0.15) is 46.0 Å². The fraction of sp³-hybridized carbons (Fsp3) is 0.400. The third-order valence-corrected chi connectivity index (χ3v) is 5.54. The van der Waals surface area contributed by atoms with Gasteiger partial charge < -0.3 is 16.0 Å². The number of carbonyl (C=O) groups excluding carboxylic acids is 2. The molecule has 0 aliphatic carbocycles. The van der Waals surface area contributed by atoms with Crippen LogP contribution in [0.15, 0.2) is 35.7 Å². The van der Waals surface area contributed by atoms with Crippen LogP contribution in [-0.4, -0.2) is 31.4 Å². The van der Waals surface area contributed by atoms with Crippen molar-refractivity contribution in [3.63, 3.8) is 0 Å². The minimum Gasteiger partial charge on any atom is -0.352 e. The van der Waals surface area contributed by atoms with E-state index < -0.39 is 0 Å². The number of benzene rings is 1. The molecule has 1 unspecified atom stereocenters. The number of nitrogens with one attached hydrogen (secondary N) is 3. The van der Waals surface area contributed by atoms with Crippen LogP contribution in [0.3, 0.4) is 0 Å². The number of anilines is 1. The maximum absolute atomic E-state index is 12.5. The molecule has 138 valence electrons. The number of thiophene rings is 1. The largest absolute Gasteiger partial charge is 0.352 e. The molecule has 1 aromatic heterocycles. The summed E-state index contributed by atoms with van der Waals surface area (Å²) in [4.78, 5) is 24.9. The van der Waals surface area contributed by atoms with Gasteiger partial charge in [-0.15, -0.1) is 11.3 Å². The standard InChI is InChI=1S/C20H25N3O2S/c1-2-14-5-7-16(8-6-14)18(24)23-20-17(9-11-26-20)19(25)22-13-15-4-3-10-21-12-15/h5-9,11,15,21H,2-4,10,12-13H2,1H3,(H,22,25)(H,23,24). The molecule has 5 nitrogen and oxygen atoms in total. The maximum Gasteiger partial charge on any atom is 0.256 e. The summed E-state index contributed by atoms with van der Waals surface area (Å²) in [5, 5.41) is 11.6. The minimum atomic E-state index is -0.194. The van der Waals surface area contributed by atoms with E-state index in [1.165, 1.54) is 16.9 Å². The van der Waals surface area contributed by atoms with Crippen molar-refractivity contribution >= 4 is 28.2 Å². The summed E-state index contributed by atoms with van der Waals surface area (Å²) in [5.41, 5.74) is 2.31. The lowest BCUT2D eigenvalue weighted by atomic mass is 10.00. The van der Waals surface area contributed by atoms with E-state index >= 15 is 0 Å². The maximum atomic E-state index is 12.5. The average molecular weight is 372 g/mol. The van der Waals surface area contributed by atoms with Gasteiger partial charge in [-0.1, -0.05) is 19.1 Å². The Morgan fingerprint density at radius 3 is 2.69 bits per heavy atom. The Bertz CT molecular complexity index is 749. The highest BCUT2D eigenvalue weighted by Crippen LogP contribution is 2.24. The van der Waals surface area contributed by atoms with Crippen LogP contribution in [0.2, 0.25) is 0 Å². The molecule has 1 fully saturated rings. The van der Waals surface area contributed by atoms with Gasteiger partial charge in [0.05, 0.1) is 5.56 Å². The molecule has 3 N–H and O–H groups in total. The Hall–Kier alpha value is -2.18. The van der Waals surface area contributed by atoms with Crippen LogP contribution in [0.4, 0.5) is 5.00 Å². The van der Waals surface area contributed by atoms with Gasteiger partial charge in [0.1, 0.15) is 5.00 Å². The monoisotopic (exact) mass is 371 g/mol. The quantitative estimate of drug-likeness (QED) is 0.730. The van der Waals surface area contributed by atoms with E-state index in [9.17, 15) is 9.59 Å². The molecule has 1 aliphatic heterocycles. The van der Waals surface area contributed by atoms with Crippen molar-refractivity contribution in [3.8, 4) is 0 Å². The van der Waals surface area contributed by atoms with Gasteiger partial charge in [0, 0.05) is 12.1 Å². The lowest BCUT2D eigenvalue weighted by molar-refractivity contribution is 0.0946. The first kappa shape index (κ1) is 18.6. The lowest BCUT2D eigenvalue weighted by Crippen LogP contribution is -2.38. The summed E-state index contributed by atoms with van der Waals surface area (Å²) in [6, 6.07) is 9.30. The molecule has 0 radical (unpaired) electrons. The molecule has 6 heteroatoms. The zero-order valence-corrected chi connectivity index (χ0v) is 15.8. The van der Waals surface area contributed by atoms with Crippen molar-refractivity contribution in [1.29, 1.82) is 0 Å². The second-order valence-electron chi connectivity index (χ2n) is 6.59. The summed E-state index contributed by atoms with van der Waals surface area (Å²) in [7, 11) is 0. The summed E-state index contributed by atoms with van der Waals surface area (Å²) >= 11 is 1.36. The van der Waals surface area contributed by atoms with Crippen LogP contribution < -0.4 is 16.0 Å². The van der Waals surface area contributed by atoms with Gasteiger partial charge in [-0.05, 0) is 67.4 Å². The number of hydrogen-bond acceptors (Lipinski definition) is 4. The van der Waals surface area contributed by atoms with Crippen molar-refractivity contribution in [1.82, 2.24) is 10.6 Å². The third-order valence-electron chi connectivity index (χ3n) is 4.71. The van der Waals surface area contributed by atoms with Gasteiger partial charge in [-0.2, -0.15) is 0 Å². The highest BCUT2D eigenvalue weighted by Gasteiger charge is 2.18. The van der Waals surface area contributed by atoms with E-state index in [1.54, 1.807) is 6.07 Å². The summed E-state index contributed by atoms with van der Waals surface area (Å²) in [6.45, 7) is 4.74. The molecule has 2 amide bonds. The number of piperidine rings is 1. The van der Waals surface area contributed by atoms with Crippen LogP contribution in [0.5, 0.6) is 0 Å². The summed E-state index contributed by atoms with van der Waals surface area (Å²) in [5.74, 6) is 0.149. The van der Waals surface area contributed by atoms with E-state index in [0.29, 0.717) is 28.6 Å². The topological polar surface area (TPSA) is 70.2 Å². The van der Waals surface area contributed by atoms with E-state index in [0.717, 1.165) is 32.4 Å². The molecule has 2 aromatic rings. The number of rotatable bonds is 6. The van der Waals surface area contributed by atoms with Crippen LogP contribution >= 0.6 is 11.3 Å². The molecule has 2 heterocycles. The molecule has 3 rings (SSSR count). The average Bonchev–Trinajstić information content (AvgIpc) is 3.15. The molecular weight excluding hydrogens is 346 g/mol. The second kappa shape index (κ2) is 8.96. The number of carbonyl (C=O) groups is 2. The van der Waals surface area contributed by atoms with E-state index in [4.69, 9.17) is 0 Å². The van der Waals surface area contributed by atoms with Crippen LogP contribution in [-0.2, 0) is 6.42 Å². The predicted octanol–water partition coefficient (Wildman–Crippen LogP) is 3.29. The fourth-order valence-corrected chi connectivity index (χ4v) is 3.86. The summed E-state index contributed by atoms with van der Waals surface area (Å²) < 4.78 is 0. The smallest absolute Gasteiger partial charge is 0.256 e. The van der Waals surface area contributed by atoms with Crippen molar-refractivity contribution in [2.45, 2.75) is 26.2 Å². The second-order valence-corrected chi connectivity index (χ2v) is 7.51. The zero-order chi connectivity index (χ0) is 18.4. The normalized spacial score (nSPS) is 16.9. The van der Waals surface area contributed by atoms with Crippen molar-refractivity contribution in [3.05, 3.63) is 52.4 Å². The van der Waals surface area contributed by atoms with Crippen molar-refractivity contribution < 1.29 is 9.59 Å². The van der Waals surface area contributed by atoms with Crippen molar-refractivity contribution in [2.24, 2.45) is 5.92 Å². The lowest BCUT2D eigenvalue weighted by Gasteiger charge is -2.22. The van der Waals surface area contributed by atoms with Gasteiger partial charge >= 0.3 is 0 Å². The molecule has 1 saturated heterocycles. The molecule has 0 saturated carbocycles. The Morgan fingerprint density at radius 1 is 1.19 bits per heavy atom. The highest BCUT2D eigenvalue weighted by atomic mass is 32.1. The molecule has 26 heavy (non-hydrogen) atoms. The molecule has 1 aliphatic rings. The Kier molecular flexibility index (Phi) is 6.41. The SMILES string of the molecule is CCc1ccc(C(=O)Nc2sccc2C(=O)NCC2CCCNC2)cc1. The third kappa shape index (κ3) is 4.71. The Morgan fingerprint density at radius 2 is 2.00 bits per heavy atom. The first-order chi connectivity index (χ1) is 12.7. The molecule has 1 atom stereocenters. The first-order valence-corrected chi connectivity index (χ1v) is 10.0. The molecule has 0 bridgehead atoms. The predicted molar refractivity (Wildman–Crippen MR) is 106 cm³/mol. The van der Waals surface area contributed by atoms with Crippen molar-refractivity contribution in [2.75, 3.05) is 25.0 Å². The Labute approximate surface area is 158 Å². The molecular formula is C20H25N3O2S. The van der Waals surface area contributed by atoms with Gasteiger partial charge in [0.2, 0.25) is 0 Å². The van der Waals surface area contributed by atoms with E-state index in [1.807, 2.05) is 29.6 Å². The van der Waals surface area contributed by atoms with E-state index in [-0.39, 0.29) is 11.8 Å². The van der Waals surface area contributed by atoms with Gasteiger partial charge in [-0.25, -0.2) is 0 Å². The number of aryl methyl sites for hydroxylation is 1. The zero-order valence-electron chi connectivity index (χ0n) is 15.0. The first-order valence-electron chi connectivity index (χ1n) is 9.14. The minimum absolute atomic E-state index is 0.131. The van der Waals surface area contributed by atoms with Gasteiger partial charge in [-0.3, -0.25) is 9.59 Å². The Balaban J connectivity index is 1.59. The van der Waals surface area contributed by atoms with Crippen LogP contribution in [0, 0.1) is 5.92 Å².